The van der Waals surface area contributed by atoms with Crippen molar-refractivity contribution in [1.29, 1.82) is 0 Å². The average molecular weight is 315 g/mol. The molecule has 0 heterocycles. The quantitative estimate of drug-likeness (QED) is 0.792. The van der Waals surface area contributed by atoms with Crippen LogP contribution in [0.4, 0.5) is 21.5 Å². The fourth-order valence-electron chi connectivity index (χ4n) is 1.70. The zero-order chi connectivity index (χ0) is 14.7. The summed E-state index contributed by atoms with van der Waals surface area (Å²) in [6, 6.07) is 7.58. The van der Waals surface area contributed by atoms with Crippen molar-refractivity contribution in [1.82, 2.24) is 0 Å². The molecule has 0 radical (unpaired) electrons. The lowest BCUT2D eigenvalue weighted by Crippen LogP contribution is -1.99. The van der Waals surface area contributed by atoms with Gasteiger partial charge in [0, 0.05) is 11.8 Å². The van der Waals surface area contributed by atoms with Crippen LogP contribution in [-0.2, 0) is 0 Å². The third-order valence-corrected chi connectivity index (χ3v) is 3.19. The zero-order valence-corrected chi connectivity index (χ0v) is 12.2. The van der Waals surface area contributed by atoms with E-state index in [0.717, 1.165) is 0 Å². The maximum absolute atomic E-state index is 13.1. The van der Waals surface area contributed by atoms with Gasteiger partial charge in [0.25, 0.3) is 0 Å². The van der Waals surface area contributed by atoms with E-state index in [2.05, 4.69) is 5.32 Å². The first kappa shape index (κ1) is 14.8. The molecule has 0 saturated carbocycles. The normalized spacial score (nSPS) is 10.4. The van der Waals surface area contributed by atoms with Gasteiger partial charge in [-0.1, -0.05) is 23.2 Å². The lowest BCUT2D eigenvalue weighted by atomic mass is 10.2. The van der Waals surface area contributed by atoms with Gasteiger partial charge in [0.1, 0.15) is 11.6 Å². The highest BCUT2D eigenvalue weighted by molar-refractivity contribution is 6.39. The maximum atomic E-state index is 13.1. The molecule has 0 aliphatic rings. The Morgan fingerprint density at radius 2 is 1.85 bits per heavy atom. The fraction of sp³-hybridized carbons (Fsp3) is 0.143. The number of nitrogens with two attached hydrogens (primary N) is 1. The van der Waals surface area contributed by atoms with Gasteiger partial charge in [0.2, 0.25) is 0 Å². The summed E-state index contributed by atoms with van der Waals surface area (Å²) in [6.07, 6.45) is 0. The van der Waals surface area contributed by atoms with Gasteiger partial charge in [-0.3, -0.25) is 0 Å². The van der Waals surface area contributed by atoms with Gasteiger partial charge in [-0.05, 0) is 31.2 Å². The molecule has 3 N–H and O–H groups in total. The van der Waals surface area contributed by atoms with E-state index in [-0.39, 0.29) is 10.0 Å². The lowest BCUT2D eigenvalue weighted by molar-refractivity contribution is 0.342. The number of hydrogen-bond acceptors (Lipinski definition) is 3. The minimum atomic E-state index is -0.488. The van der Waals surface area contributed by atoms with Crippen LogP contribution in [0, 0.1) is 5.82 Å². The first-order chi connectivity index (χ1) is 9.51. The van der Waals surface area contributed by atoms with E-state index in [1.54, 1.807) is 18.2 Å². The molecule has 106 valence electrons. The van der Waals surface area contributed by atoms with Crippen molar-refractivity contribution < 1.29 is 9.13 Å². The van der Waals surface area contributed by atoms with Gasteiger partial charge in [0.05, 0.1) is 28.0 Å². The molecule has 0 aromatic heterocycles. The summed E-state index contributed by atoms with van der Waals surface area (Å²) in [5.74, 6) is 0.0738. The highest BCUT2D eigenvalue weighted by Crippen LogP contribution is 2.35. The van der Waals surface area contributed by atoms with E-state index >= 15 is 0 Å². The van der Waals surface area contributed by atoms with Gasteiger partial charge in [-0.15, -0.1) is 0 Å². The van der Waals surface area contributed by atoms with E-state index < -0.39 is 5.82 Å². The van der Waals surface area contributed by atoms with Crippen molar-refractivity contribution in [2.75, 3.05) is 17.7 Å². The predicted molar refractivity (Wildman–Crippen MR) is 81.7 cm³/mol. The van der Waals surface area contributed by atoms with Crippen LogP contribution in [-0.4, -0.2) is 6.61 Å². The van der Waals surface area contributed by atoms with Crippen LogP contribution in [0.3, 0.4) is 0 Å². The molecule has 0 amide bonds. The van der Waals surface area contributed by atoms with Crippen molar-refractivity contribution in [3.63, 3.8) is 0 Å². The summed E-state index contributed by atoms with van der Waals surface area (Å²) < 4.78 is 18.5. The van der Waals surface area contributed by atoms with Crippen LogP contribution >= 0.6 is 23.2 Å². The number of rotatable bonds is 4. The van der Waals surface area contributed by atoms with Gasteiger partial charge in [-0.25, -0.2) is 4.39 Å². The summed E-state index contributed by atoms with van der Waals surface area (Å²) in [6.45, 7) is 2.37. The molecule has 20 heavy (non-hydrogen) atoms. The Kier molecular flexibility index (Phi) is 4.57. The molecule has 0 bridgehead atoms. The molecular formula is C14H13Cl2FN2O. The van der Waals surface area contributed by atoms with E-state index in [9.17, 15) is 4.39 Å². The van der Waals surface area contributed by atoms with Gasteiger partial charge >= 0.3 is 0 Å². The first-order valence-corrected chi connectivity index (χ1v) is 6.70. The van der Waals surface area contributed by atoms with Crippen LogP contribution in [0.1, 0.15) is 6.92 Å². The van der Waals surface area contributed by atoms with E-state index in [1.165, 1.54) is 12.1 Å². The summed E-state index contributed by atoms with van der Waals surface area (Å²) in [5.41, 5.74) is 7.45. The Bertz CT molecular complexity index is 612. The summed E-state index contributed by atoms with van der Waals surface area (Å²) >= 11 is 11.9. The van der Waals surface area contributed by atoms with Gasteiger partial charge in [0.15, 0.2) is 0 Å². The summed E-state index contributed by atoms with van der Waals surface area (Å²) in [7, 11) is 0. The SMILES string of the molecule is CCOc1cc(Nc2c(Cl)cc(F)cc2Cl)ccc1N. The number of nitrogen functional groups attached to an aromatic ring is 1. The number of halogens is 3. The van der Waals surface area contributed by atoms with Gasteiger partial charge in [-0.2, -0.15) is 0 Å². The average Bonchev–Trinajstić information content (AvgIpc) is 2.37. The van der Waals surface area contributed by atoms with E-state index in [1.807, 2.05) is 6.92 Å². The highest BCUT2D eigenvalue weighted by atomic mass is 35.5. The van der Waals surface area contributed by atoms with E-state index in [0.29, 0.717) is 29.4 Å². The monoisotopic (exact) mass is 314 g/mol. The minimum Gasteiger partial charge on any atom is -0.492 e. The second-order valence-corrected chi connectivity index (χ2v) is 4.87. The summed E-state index contributed by atoms with van der Waals surface area (Å²) in [5, 5.41) is 3.43. The number of ether oxygens (including phenoxy) is 1. The van der Waals surface area contributed by atoms with Crippen LogP contribution in [0.15, 0.2) is 30.3 Å². The van der Waals surface area contributed by atoms with Crippen LogP contribution in [0.25, 0.3) is 0 Å². The Morgan fingerprint density at radius 1 is 1.20 bits per heavy atom. The third-order valence-electron chi connectivity index (χ3n) is 2.59. The lowest BCUT2D eigenvalue weighted by Gasteiger charge is -2.13. The van der Waals surface area contributed by atoms with Crippen molar-refractivity contribution >= 4 is 40.3 Å². The number of benzene rings is 2. The molecule has 2 rings (SSSR count). The van der Waals surface area contributed by atoms with Crippen LogP contribution < -0.4 is 15.8 Å². The molecule has 0 aliphatic heterocycles. The van der Waals surface area contributed by atoms with Crippen LogP contribution in [0.2, 0.25) is 10.0 Å². The standard InChI is InChI=1S/C14H13Cl2FN2O/c1-2-20-13-7-9(3-4-12(13)18)19-14-10(15)5-8(17)6-11(14)16/h3-7,19H,2,18H2,1H3. The van der Waals surface area contributed by atoms with Crippen molar-refractivity contribution in [2.45, 2.75) is 6.92 Å². The Hall–Kier alpha value is -1.65. The number of anilines is 3. The minimum absolute atomic E-state index is 0.199. The molecular weight excluding hydrogens is 302 g/mol. The molecule has 0 aliphatic carbocycles. The van der Waals surface area contributed by atoms with E-state index in [4.69, 9.17) is 33.7 Å². The predicted octanol–water partition coefficient (Wildman–Crippen LogP) is 4.86. The Labute approximate surface area is 126 Å². The molecule has 0 fully saturated rings. The molecule has 2 aromatic rings. The fourth-order valence-corrected chi connectivity index (χ4v) is 2.25. The van der Waals surface area contributed by atoms with Gasteiger partial charge < -0.3 is 15.8 Å². The van der Waals surface area contributed by atoms with Crippen LogP contribution in [0.5, 0.6) is 5.75 Å². The molecule has 6 heteroatoms. The molecule has 0 saturated heterocycles. The second-order valence-electron chi connectivity index (χ2n) is 4.06. The second kappa shape index (κ2) is 6.20. The van der Waals surface area contributed by atoms with Crippen molar-refractivity contribution in [2.24, 2.45) is 0 Å². The first-order valence-electron chi connectivity index (χ1n) is 5.95. The molecule has 0 spiro atoms. The molecule has 3 nitrogen and oxygen atoms in total. The summed E-state index contributed by atoms with van der Waals surface area (Å²) in [4.78, 5) is 0. The maximum Gasteiger partial charge on any atom is 0.144 e. The molecule has 2 aromatic carbocycles. The molecule has 0 atom stereocenters. The number of nitrogens with one attached hydrogen (secondary N) is 1. The largest absolute Gasteiger partial charge is 0.492 e. The Balaban J connectivity index is 2.33. The molecule has 0 unspecified atom stereocenters. The van der Waals surface area contributed by atoms with Crippen molar-refractivity contribution in [3.8, 4) is 5.75 Å². The van der Waals surface area contributed by atoms with Crippen molar-refractivity contribution in [3.05, 3.63) is 46.2 Å². The highest BCUT2D eigenvalue weighted by Gasteiger charge is 2.10. The Morgan fingerprint density at radius 3 is 2.45 bits per heavy atom. The topological polar surface area (TPSA) is 47.3 Å². The smallest absolute Gasteiger partial charge is 0.144 e. The zero-order valence-electron chi connectivity index (χ0n) is 10.7. The third kappa shape index (κ3) is 3.26. The number of hydrogen-bond donors (Lipinski definition) is 2.